The molecule has 3 N–H and O–H groups in total. The predicted octanol–water partition coefficient (Wildman–Crippen LogP) is 2.95. The number of ether oxygens (including phenoxy) is 1. The Morgan fingerprint density at radius 3 is 2.90 bits per heavy atom. The summed E-state index contributed by atoms with van der Waals surface area (Å²) < 4.78 is 7.82. The van der Waals surface area contributed by atoms with Crippen LogP contribution >= 0.6 is 0 Å². The summed E-state index contributed by atoms with van der Waals surface area (Å²) in [5.74, 6) is 0.709. The molecular weight excluding hydrogens is 394 g/mol. The summed E-state index contributed by atoms with van der Waals surface area (Å²) >= 11 is 0. The first kappa shape index (κ1) is 21.0. The highest BCUT2D eigenvalue weighted by molar-refractivity contribution is 5.89. The van der Waals surface area contributed by atoms with Gasteiger partial charge in [-0.1, -0.05) is 32.0 Å². The Bertz CT molecular complexity index is 1060. The van der Waals surface area contributed by atoms with Crippen molar-refractivity contribution in [2.24, 2.45) is 0 Å². The lowest BCUT2D eigenvalue weighted by Gasteiger charge is -2.23. The van der Waals surface area contributed by atoms with Gasteiger partial charge in [0.2, 0.25) is 11.9 Å². The van der Waals surface area contributed by atoms with E-state index in [9.17, 15) is 4.79 Å². The molecular formula is C22H29N7O2. The molecule has 1 aliphatic rings. The summed E-state index contributed by atoms with van der Waals surface area (Å²) in [5, 5.41) is 14.1. The van der Waals surface area contributed by atoms with Gasteiger partial charge in [-0.15, -0.1) is 0 Å². The monoisotopic (exact) mass is 423 g/mol. The third-order valence-electron chi connectivity index (χ3n) is 5.29. The third-order valence-corrected chi connectivity index (χ3v) is 5.29. The van der Waals surface area contributed by atoms with Crippen molar-refractivity contribution in [1.82, 2.24) is 24.9 Å². The fraction of sp³-hybridized carbons (Fsp3) is 0.455. The number of amides is 1. The summed E-state index contributed by atoms with van der Waals surface area (Å²) in [6.45, 7) is 7.99. The van der Waals surface area contributed by atoms with E-state index in [2.05, 4.69) is 44.9 Å². The molecule has 1 aliphatic heterocycles. The Morgan fingerprint density at radius 2 is 2.16 bits per heavy atom. The molecule has 0 spiro atoms. The number of nitrogens with zero attached hydrogens (tertiary/aromatic N) is 4. The number of rotatable bonds is 7. The molecule has 1 atom stereocenters. The number of anilines is 2. The van der Waals surface area contributed by atoms with Crippen LogP contribution in [0.3, 0.4) is 0 Å². The van der Waals surface area contributed by atoms with Crippen molar-refractivity contribution in [2.75, 3.05) is 23.7 Å². The summed E-state index contributed by atoms with van der Waals surface area (Å²) in [7, 11) is 0. The number of piperidine rings is 1. The SMILES string of the molecule is CC(=O)Nc1ccccc1CNc1nc(O[C@@H]2CCCNC2)nc2c(C(C)C)cnn12. The highest BCUT2D eigenvalue weighted by Crippen LogP contribution is 2.24. The standard InChI is InChI=1S/C22H29N7O2/c1-14(2)18-13-25-29-20(18)27-22(31-17-8-6-10-23-12-17)28-21(29)24-11-16-7-4-5-9-19(16)26-15(3)30/h4-5,7,9,13-14,17,23H,6,8,10-12H2,1-3H3,(H,26,30)(H,24,27,28)/t17-/m1/s1. The lowest BCUT2D eigenvalue weighted by atomic mass is 10.1. The normalized spacial score (nSPS) is 16.5. The highest BCUT2D eigenvalue weighted by atomic mass is 16.5. The van der Waals surface area contributed by atoms with Crippen LogP contribution in [0.25, 0.3) is 5.65 Å². The van der Waals surface area contributed by atoms with E-state index in [0.29, 0.717) is 18.5 Å². The van der Waals surface area contributed by atoms with E-state index < -0.39 is 0 Å². The van der Waals surface area contributed by atoms with Crippen LogP contribution in [-0.2, 0) is 11.3 Å². The van der Waals surface area contributed by atoms with Gasteiger partial charge >= 0.3 is 6.01 Å². The molecule has 164 valence electrons. The van der Waals surface area contributed by atoms with E-state index >= 15 is 0 Å². The second-order valence-corrected chi connectivity index (χ2v) is 8.10. The molecule has 31 heavy (non-hydrogen) atoms. The van der Waals surface area contributed by atoms with E-state index in [1.54, 1.807) is 4.52 Å². The maximum absolute atomic E-state index is 11.5. The van der Waals surface area contributed by atoms with Crippen molar-refractivity contribution in [1.29, 1.82) is 0 Å². The zero-order valence-corrected chi connectivity index (χ0v) is 18.2. The topological polar surface area (TPSA) is 105 Å². The Hall–Kier alpha value is -3.20. The molecule has 2 aromatic heterocycles. The number of aromatic nitrogens is 4. The quantitative estimate of drug-likeness (QED) is 0.536. The largest absolute Gasteiger partial charge is 0.459 e. The molecule has 9 nitrogen and oxygen atoms in total. The van der Waals surface area contributed by atoms with Crippen molar-refractivity contribution >= 4 is 23.2 Å². The predicted molar refractivity (Wildman–Crippen MR) is 119 cm³/mol. The summed E-state index contributed by atoms with van der Waals surface area (Å²) in [6, 6.07) is 8.02. The van der Waals surface area contributed by atoms with Gasteiger partial charge in [0.1, 0.15) is 6.10 Å². The fourth-order valence-corrected chi connectivity index (χ4v) is 3.68. The molecule has 9 heteroatoms. The summed E-state index contributed by atoms with van der Waals surface area (Å²) in [6.07, 6.45) is 3.93. The number of para-hydroxylation sites is 1. The van der Waals surface area contributed by atoms with Gasteiger partial charge in [-0.25, -0.2) is 0 Å². The molecule has 0 saturated carbocycles. The highest BCUT2D eigenvalue weighted by Gasteiger charge is 2.20. The molecule has 1 saturated heterocycles. The number of carbonyl (C=O) groups is 1. The van der Waals surface area contributed by atoms with Crippen molar-refractivity contribution in [3.8, 4) is 6.01 Å². The van der Waals surface area contributed by atoms with Crippen LogP contribution in [0, 0.1) is 0 Å². The number of benzene rings is 1. The van der Waals surface area contributed by atoms with Crippen molar-refractivity contribution in [3.63, 3.8) is 0 Å². The number of carbonyl (C=O) groups excluding carboxylic acids is 1. The van der Waals surface area contributed by atoms with Crippen LogP contribution in [0.15, 0.2) is 30.5 Å². The zero-order valence-electron chi connectivity index (χ0n) is 18.2. The number of hydrogen-bond acceptors (Lipinski definition) is 7. The van der Waals surface area contributed by atoms with Gasteiger partial charge in [0.15, 0.2) is 5.65 Å². The van der Waals surface area contributed by atoms with Crippen LogP contribution in [0.1, 0.15) is 50.7 Å². The minimum atomic E-state index is -0.109. The first-order valence-corrected chi connectivity index (χ1v) is 10.7. The molecule has 0 radical (unpaired) electrons. The van der Waals surface area contributed by atoms with Gasteiger partial charge in [0.05, 0.1) is 6.20 Å². The van der Waals surface area contributed by atoms with Crippen LogP contribution < -0.4 is 20.7 Å². The van der Waals surface area contributed by atoms with Gasteiger partial charge in [-0.05, 0) is 36.9 Å². The maximum atomic E-state index is 11.5. The second kappa shape index (κ2) is 9.30. The first-order chi connectivity index (χ1) is 15.0. The van der Waals surface area contributed by atoms with E-state index in [4.69, 9.17) is 4.74 Å². The average molecular weight is 424 g/mol. The minimum Gasteiger partial charge on any atom is -0.459 e. The molecule has 1 fully saturated rings. The van der Waals surface area contributed by atoms with Gasteiger partial charge < -0.3 is 20.7 Å². The Balaban J connectivity index is 1.63. The van der Waals surface area contributed by atoms with Crippen molar-refractivity contribution in [3.05, 3.63) is 41.6 Å². The van der Waals surface area contributed by atoms with Gasteiger partial charge in [-0.3, -0.25) is 4.79 Å². The molecule has 0 bridgehead atoms. The summed E-state index contributed by atoms with van der Waals surface area (Å²) in [4.78, 5) is 20.8. The first-order valence-electron chi connectivity index (χ1n) is 10.7. The number of hydrogen-bond donors (Lipinski definition) is 3. The molecule has 4 rings (SSSR count). The van der Waals surface area contributed by atoms with Crippen molar-refractivity contribution in [2.45, 2.75) is 52.2 Å². The van der Waals surface area contributed by atoms with E-state index in [1.165, 1.54) is 6.92 Å². The van der Waals surface area contributed by atoms with E-state index in [-0.39, 0.29) is 17.9 Å². The lowest BCUT2D eigenvalue weighted by Crippen LogP contribution is -2.37. The zero-order chi connectivity index (χ0) is 21.8. The molecule has 3 heterocycles. The number of nitrogens with one attached hydrogen (secondary N) is 3. The van der Waals surface area contributed by atoms with E-state index in [1.807, 2.05) is 30.5 Å². The Kier molecular flexibility index (Phi) is 6.31. The number of fused-ring (bicyclic) bond motifs is 1. The van der Waals surface area contributed by atoms with Gasteiger partial charge in [0, 0.05) is 31.3 Å². The van der Waals surface area contributed by atoms with Crippen LogP contribution in [0.4, 0.5) is 11.6 Å². The molecule has 0 unspecified atom stereocenters. The summed E-state index contributed by atoms with van der Waals surface area (Å²) in [5.41, 5.74) is 3.48. The van der Waals surface area contributed by atoms with Crippen LogP contribution in [0.5, 0.6) is 6.01 Å². The maximum Gasteiger partial charge on any atom is 0.322 e. The second-order valence-electron chi connectivity index (χ2n) is 8.10. The smallest absolute Gasteiger partial charge is 0.322 e. The third kappa shape index (κ3) is 4.93. The molecule has 0 aliphatic carbocycles. The average Bonchev–Trinajstić information content (AvgIpc) is 3.18. The molecule has 3 aromatic rings. The lowest BCUT2D eigenvalue weighted by molar-refractivity contribution is -0.114. The van der Waals surface area contributed by atoms with E-state index in [0.717, 1.165) is 48.4 Å². The van der Waals surface area contributed by atoms with Gasteiger partial charge in [-0.2, -0.15) is 19.6 Å². The minimum absolute atomic E-state index is 0.0509. The fourth-order valence-electron chi connectivity index (χ4n) is 3.68. The van der Waals surface area contributed by atoms with Crippen LogP contribution in [0.2, 0.25) is 0 Å². The Labute approximate surface area is 181 Å². The van der Waals surface area contributed by atoms with Crippen molar-refractivity contribution < 1.29 is 9.53 Å². The molecule has 1 amide bonds. The molecule has 1 aromatic carbocycles. The Morgan fingerprint density at radius 1 is 1.32 bits per heavy atom. The van der Waals surface area contributed by atoms with Crippen LogP contribution in [-0.4, -0.2) is 44.7 Å². The van der Waals surface area contributed by atoms with Gasteiger partial charge in [0.25, 0.3) is 0 Å².